The number of hydrogen-bond acceptors (Lipinski definition) is 3. The van der Waals surface area contributed by atoms with Crippen molar-refractivity contribution in [3.05, 3.63) is 35.9 Å². The first-order valence-electron chi connectivity index (χ1n) is 11.1. The van der Waals surface area contributed by atoms with Crippen LogP contribution >= 0.6 is 0 Å². The maximum Gasteiger partial charge on any atom is 0.317 e. The van der Waals surface area contributed by atoms with Gasteiger partial charge in [0.15, 0.2) is 0 Å². The van der Waals surface area contributed by atoms with Crippen molar-refractivity contribution in [3.8, 4) is 0 Å². The highest BCUT2D eigenvalue weighted by molar-refractivity contribution is 5.74. The molecule has 4 rings (SSSR count). The molecule has 1 N–H and O–H groups in total. The van der Waals surface area contributed by atoms with Gasteiger partial charge < -0.3 is 19.9 Å². The minimum absolute atomic E-state index is 0.124. The molecular weight excluding hydrogens is 350 g/mol. The van der Waals surface area contributed by atoms with E-state index in [0.717, 1.165) is 65.3 Å². The summed E-state index contributed by atoms with van der Waals surface area (Å²) in [6, 6.07) is 11.0. The number of benzene rings is 1. The number of urea groups is 1. The third-order valence-electron chi connectivity index (χ3n) is 7.15. The van der Waals surface area contributed by atoms with Crippen LogP contribution in [0.5, 0.6) is 0 Å². The molecule has 1 atom stereocenters. The van der Waals surface area contributed by atoms with E-state index in [1.807, 2.05) is 4.90 Å². The Morgan fingerprint density at radius 3 is 2.57 bits per heavy atom. The van der Waals surface area contributed by atoms with E-state index < -0.39 is 0 Å². The number of nitrogens with one attached hydrogen (secondary N) is 1. The second-order valence-electron chi connectivity index (χ2n) is 8.88. The Morgan fingerprint density at radius 1 is 1.07 bits per heavy atom. The van der Waals surface area contributed by atoms with E-state index in [2.05, 4.69) is 40.5 Å². The molecule has 0 aromatic heterocycles. The van der Waals surface area contributed by atoms with E-state index in [9.17, 15) is 4.79 Å². The summed E-state index contributed by atoms with van der Waals surface area (Å²) in [4.78, 5) is 17.1. The van der Waals surface area contributed by atoms with Gasteiger partial charge in [-0.3, -0.25) is 0 Å². The zero-order valence-corrected chi connectivity index (χ0v) is 17.1. The zero-order chi connectivity index (χ0) is 19.2. The van der Waals surface area contributed by atoms with Crippen LogP contribution in [0.3, 0.4) is 0 Å². The topological polar surface area (TPSA) is 44.8 Å². The number of hydrogen-bond donors (Lipinski definition) is 1. The number of nitrogens with zero attached hydrogens (tertiary/aromatic N) is 2. The number of ether oxygens (including phenoxy) is 1. The minimum Gasteiger partial charge on any atom is -0.381 e. The van der Waals surface area contributed by atoms with Gasteiger partial charge in [0.1, 0.15) is 0 Å². The Balaban J connectivity index is 1.17. The molecule has 3 fully saturated rings. The number of likely N-dealkylation sites (tertiary alicyclic amines) is 2. The van der Waals surface area contributed by atoms with Crippen LogP contribution in [0.2, 0.25) is 0 Å². The van der Waals surface area contributed by atoms with Crippen LogP contribution in [0.1, 0.15) is 50.0 Å². The average molecular weight is 386 g/mol. The van der Waals surface area contributed by atoms with Gasteiger partial charge in [-0.05, 0) is 62.0 Å². The summed E-state index contributed by atoms with van der Waals surface area (Å²) in [5.41, 5.74) is 1.89. The molecule has 28 heavy (non-hydrogen) atoms. The first kappa shape index (κ1) is 19.7. The summed E-state index contributed by atoms with van der Waals surface area (Å²) in [6.07, 6.45) is 7.11. The minimum atomic E-state index is 0.124. The van der Waals surface area contributed by atoms with Crippen LogP contribution in [0.15, 0.2) is 30.3 Å². The largest absolute Gasteiger partial charge is 0.381 e. The van der Waals surface area contributed by atoms with E-state index in [1.54, 1.807) is 0 Å². The van der Waals surface area contributed by atoms with Gasteiger partial charge in [0.05, 0.1) is 0 Å². The Bertz CT molecular complexity index is 620. The Hall–Kier alpha value is -1.59. The summed E-state index contributed by atoms with van der Waals surface area (Å²) >= 11 is 0. The number of rotatable bonds is 4. The Morgan fingerprint density at radius 2 is 1.82 bits per heavy atom. The highest BCUT2D eigenvalue weighted by Crippen LogP contribution is 2.40. The molecule has 3 aliphatic rings. The average Bonchev–Trinajstić information content (AvgIpc) is 2.76. The van der Waals surface area contributed by atoms with Gasteiger partial charge in [-0.15, -0.1) is 0 Å². The van der Waals surface area contributed by atoms with Gasteiger partial charge in [0.25, 0.3) is 0 Å². The number of carbonyl (C=O) groups excluding carboxylic acids is 1. The highest BCUT2D eigenvalue weighted by Gasteiger charge is 2.37. The number of piperidine rings is 2. The molecule has 154 valence electrons. The number of amides is 2. The van der Waals surface area contributed by atoms with Crippen molar-refractivity contribution in [2.45, 2.75) is 44.4 Å². The predicted octanol–water partition coefficient (Wildman–Crippen LogP) is 3.47. The van der Waals surface area contributed by atoms with Gasteiger partial charge in [-0.1, -0.05) is 30.3 Å². The molecule has 0 aliphatic carbocycles. The summed E-state index contributed by atoms with van der Waals surface area (Å²) in [5.74, 6) is 0.628. The molecule has 0 radical (unpaired) electrons. The van der Waals surface area contributed by atoms with Gasteiger partial charge in [0, 0.05) is 45.9 Å². The van der Waals surface area contributed by atoms with Crippen molar-refractivity contribution in [3.63, 3.8) is 0 Å². The molecule has 2 amide bonds. The molecule has 5 nitrogen and oxygen atoms in total. The smallest absolute Gasteiger partial charge is 0.317 e. The van der Waals surface area contributed by atoms with E-state index in [-0.39, 0.29) is 6.03 Å². The SMILES string of the molecule is O=C(NCCN1CCCC(c2ccccc2)C1)N1CCC2(CCOCC2)CC1. The van der Waals surface area contributed by atoms with Crippen molar-refractivity contribution in [1.29, 1.82) is 0 Å². The van der Waals surface area contributed by atoms with Crippen molar-refractivity contribution in [2.75, 3.05) is 52.5 Å². The first-order valence-corrected chi connectivity index (χ1v) is 11.1. The fraction of sp³-hybridized carbons (Fsp3) is 0.696. The summed E-state index contributed by atoms with van der Waals surface area (Å²) in [5, 5.41) is 3.17. The van der Waals surface area contributed by atoms with Crippen molar-refractivity contribution < 1.29 is 9.53 Å². The highest BCUT2D eigenvalue weighted by atomic mass is 16.5. The Kier molecular flexibility index (Phi) is 6.53. The monoisotopic (exact) mass is 385 g/mol. The molecule has 1 unspecified atom stereocenters. The zero-order valence-electron chi connectivity index (χ0n) is 17.1. The van der Waals surface area contributed by atoms with Crippen molar-refractivity contribution in [1.82, 2.24) is 15.1 Å². The van der Waals surface area contributed by atoms with Gasteiger partial charge >= 0.3 is 6.03 Å². The number of carbonyl (C=O) groups is 1. The maximum absolute atomic E-state index is 12.6. The molecule has 0 bridgehead atoms. The predicted molar refractivity (Wildman–Crippen MR) is 112 cm³/mol. The molecule has 1 aromatic carbocycles. The standard InChI is InChI=1S/C23H35N3O2/c27-22(26-14-8-23(9-15-26)10-17-28-18-11-23)24-12-16-25-13-4-7-21(19-25)20-5-2-1-3-6-20/h1-3,5-6,21H,4,7-19H2,(H,24,27). The van der Waals surface area contributed by atoms with Crippen molar-refractivity contribution >= 4 is 6.03 Å². The fourth-order valence-corrected chi connectivity index (χ4v) is 5.18. The molecule has 3 heterocycles. The summed E-state index contributed by atoms with van der Waals surface area (Å²) < 4.78 is 5.52. The van der Waals surface area contributed by atoms with E-state index in [1.165, 1.54) is 31.2 Å². The fourth-order valence-electron chi connectivity index (χ4n) is 5.18. The maximum atomic E-state index is 12.6. The van der Waals surface area contributed by atoms with E-state index >= 15 is 0 Å². The lowest BCUT2D eigenvalue weighted by Crippen LogP contribution is -2.50. The second kappa shape index (κ2) is 9.27. The van der Waals surface area contributed by atoms with Gasteiger partial charge in [-0.25, -0.2) is 4.79 Å². The molecule has 0 saturated carbocycles. The normalized spacial score (nSPS) is 25.6. The molecule has 1 spiro atoms. The van der Waals surface area contributed by atoms with E-state index in [0.29, 0.717) is 11.3 Å². The van der Waals surface area contributed by atoms with Crippen LogP contribution in [0.25, 0.3) is 0 Å². The molecular formula is C23H35N3O2. The quantitative estimate of drug-likeness (QED) is 0.863. The third kappa shape index (κ3) is 4.87. The lowest BCUT2D eigenvalue weighted by atomic mass is 9.72. The van der Waals surface area contributed by atoms with Crippen molar-refractivity contribution in [2.24, 2.45) is 5.41 Å². The van der Waals surface area contributed by atoms with E-state index in [4.69, 9.17) is 4.74 Å². The lowest BCUT2D eigenvalue weighted by Gasteiger charge is -2.44. The van der Waals surface area contributed by atoms with Gasteiger partial charge in [-0.2, -0.15) is 0 Å². The molecule has 3 aliphatic heterocycles. The lowest BCUT2D eigenvalue weighted by molar-refractivity contribution is -0.0145. The van der Waals surface area contributed by atoms with Crippen LogP contribution in [-0.4, -0.2) is 68.3 Å². The van der Waals surface area contributed by atoms with Crippen LogP contribution < -0.4 is 5.32 Å². The third-order valence-corrected chi connectivity index (χ3v) is 7.15. The molecule has 5 heteroatoms. The second-order valence-corrected chi connectivity index (χ2v) is 8.88. The molecule has 1 aromatic rings. The van der Waals surface area contributed by atoms with Crippen LogP contribution in [0, 0.1) is 5.41 Å². The summed E-state index contributed by atoms with van der Waals surface area (Å²) in [6.45, 7) is 7.52. The Labute approximate surface area is 169 Å². The van der Waals surface area contributed by atoms with Crippen LogP contribution in [-0.2, 0) is 4.74 Å². The molecule has 3 saturated heterocycles. The van der Waals surface area contributed by atoms with Gasteiger partial charge in [0.2, 0.25) is 0 Å². The first-order chi connectivity index (χ1) is 13.7. The van der Waals surface area contributed by atoms with Crippen LogP contribution in [0.4, 0.5) is 4.79 Å². The summed E-state index contributed by atoms with van der Waals surface area (Å²) in [7, 11) is 0.